The normalized spacial score (nSPS) is 10.6. The van der Waals surface area contributed by atoms with Gasteiger partial charge in [0.05, 0.1) is 12.9 Å². The van der Waals surface area contributed by atoms with E-state index >= 15 is 0 Å². The topological polar surface area (TPSA) is 34.4 Å². The van der Waals surface area contributed by atoms with E-state index in [9.17, 15) is 0 Å². The minimum Gasteiger partial charge on any atom is -0.467 e. The largest absolute Gasteiger partial charge is 0.467 e. The van der Waals surface area contributed by atoms with E-state index < -0.39 is 0 Å². The van der Waals surface area contributed by atoms with Gasteiger partial charge in [0.15, 0.2) is 0 Å². The molecule has 0 saturated heterocycles. The van der Waals surface area contributed by atoms with Crippen LogP contribution in [-0.2, 0) is 24.5 Å². The molecule has 0 unspecified atom stereocenters. The monoisotopic (exact) mass is 231 g/mol. The smallest absolute Gasteiger partial charge is 0.129 e. The van der Waals surface area contributed by atoms with Crippen molar-refractivity contribution < 1.29 is 9.15 Å². The van der Waals surface area contributed by atoms with Crippen LogP contribution in [0.15, 0.2) is 47.1 Å². The van der Waals surface area contributed by atoms with Crippen molar-refractivity contribution in [2.24, 2.45) is 0 Å². The van der Waals surface area contributed by atoms with Gasteiger partial charge in [-0.15, -0.1) is 0 Å². The second-order valence-corrected chi connectivity index (χ2v) is 3.93. The van der Waals surface area contributed by atoms with E-state index in [0.29, 0.717) is 13.2 Å². The molecule has 0 radical (unpaired) electrons. The van der Waals surface area contributed by atoms with Gasteiger partial charge < -0.3 is 14.5 Å². The molecular formula is C14H17NO2. The van der Waals surface area contributed by atoms with Crippen LogP contribution in [0.25, 0.3) is 0 Å². The van der Waals surface area contributed by atoms with Crippen LogP contribution in [0.1, 0.15) is 16.9 Å². The van der Waals surface area contributed by atoms with Gasteiger partial charge >= 0.3 is 0 Å². The van der Waals surface area contributed by atoms with Crippen molar-refractivity contribution in [2.45, 2.75) is 19.8 Å². The number of rotatable bonds is 6. The van der Waals surface area contributed by atoms with Crippen molar-refractivity contribution in [1.29, 1.82) is 0 Å². The number of hydrogen-bond donors (Lipinski definition) is 1. The molecule has 0 fully saturated rings. The number of hydrogen-bond acceptors (Lipinski definition) is 3. The standard InChI is InChI=1S/C14H17NO2/c1-15-8-13-7-14(17-10-13)11-16-9-12-5-3-2-4-6-12/h2-7,10,15H,8-9,11H2,1H3. The average Bonchev–Trinajstić information content (AvgIpc) is 2.79. The molecule has 2 aromatic rings. The molecule has 0 aliphatic carbocycles. The van der Waals surface area contributed by atoms with Crippen molar-refractivity contribution >= 4 is 0 Å². The van der Waals surface area contributed by atoms with Gasteiger partial charge in [0, 0.05) is 12.1 Å². The fraction of sp³-hybridized carbons (Fsp3) is 0.286. The number of furan rings is 1. The molecule has 3 heteroatoms. The molecule has 0 aliphatic rings. The fourth-order valence-electron chi connectivity index (χ4n) is 1.64. The van der Waals surface area contributed by atoms with Crippen LogP contribution in [0, 0.1) is 0 Å². The lowest BCUT2D eigenvalue weighted by atomic mass is 10.2. The Labute approximate surface area is 101 Å². The minimum atomic E-state index is 0.513. The molecule has 0 spiro atoms. The lowest BCUT2D eigenvalue weighted by Gasteiger charge is -2.01. The summed E-state index contributed by atoms with van der Waals surface area (Å²) >= 11 is 0. The van der Waals surface area contributed by atoms with E-state index in [4.69, 9.17) is 9.15 Å². The molecule has 17 heavy (non-hydrogen) atoms. The Bertz CT molecular complexity index is 436. The van der Waals surface area contributed by atoms with Gasteiger partial charge in [-0.3, -0.25) is 0 Å². The van der Waals surface area contributed by atoms with Crippen LogP contribution in [-0.4, -0.2) is 7.05 Å². The summed E-state index contributed by atoms with van der Waals surface area (Å²) in [5.74, 6) is 0.867. The Kier molecular flexibility index (Phi) is 4.36. The summed E-state index contributed by atoms with van der Waals surface area (Å²) in [4.78, 5) is 0. The predicted molar refractivity (Wildman–Crippen MR) is 66.4 cm³/mol. The van der Waals surface area contributed by atoms with E-state index in [2.05, 4.69) is 17.4 Å². The first kappa shape index (κ1) is 11.9. The van der Waals surface area contributed by atoms with Crippen LogP contribution in [0.2, 0.25) is 0 Å². The van der Waals surface area contributed by atoms with Crippen LogP contribution in [0.4, 0.5) is 0 Å². The molecule has 0 amide bonds. The van der Waals surface area contributed by atoms with E-state index in [0.717, 1.165) is 17.9 Å². The first-order valence-electron chi connectivity index (χ1n) is 5.71. The van der Waals surface area contributed by atoms with Crippen LogP contribution in [0.5, 0.6) is 0 Å². The summed E-state index contributed by atoms with van der Waals surface area (Å²) in [6.45, 7) is 1.95. The fourth-order valence-corrected chi connectivity index (χ4v) is 1.64. The molecule has 0 bridgehead atoms. The number of ether oxygens (including phenoxy) is 1. The molecule has 90 valence electrons. The van der Waals surface area contributed by atoms with Crippen molar-refractivity contribution in [3.8, 4) is 0 Å². The third-order valence-electron chi connectivity index (χ3n) is 2.44. The molecule has 0 saturated carbocycles. The lowest BCUT2D eigenvalue weighted by molar-refractivity contribution is 0.0929. The van der Waals surface area contributed by atoms with Crippen molar-refractivity contribution in [3.05, 3.63) is 59.5 Å². The average molecular weight is 231 g/mol. The Balaban J connectivity index is 1.78. The second kappa shape index (κ2) is 6.23. The zero-order chi connectivity index (χ0) is 11.9. The minimum absolute atomic E-state index is 0.513. The van der Waals surface area contributed by atoms with E-state index in [1.54, 1.807) is 6.26 Å². The highest BCUT2D eigenvalue weighted by molar-refractivity contribution is 5.14. The Hall–Kier alpha value is -1.58. The highest BCUT2D eigenvalue weighted by Crippen LogP contribution is 2.10. The second-order valence-electron chi connectivity index (χ2n) is 3.93. The third-order valence-corrected chi connectivity index (χ3v) is 2.44. The summed E-state index contributed by atoms with van der Waals surface area (Å²) in [5, 5.41) is 3.08. The van der Waals surface area contributed by atoms with Crippen molar-refractivity contribution in [1.82, 2.24) is 5.32 Å². The van der Waals surface area contributed by atoms with Gasteiger partial charge in [0.1, 0.15) is 12.4 Å². The number of nitrogens with one attached hydrogen (secondary N) is 1. The summed E-state index contributed by atoms with van der Waals surface area (Å²) in [6.07, 6.45) is 1.76. The van der Waals surface area contributed by atoms with Gasteiger partial charge in [-0.2, -0.15) is 0 Å². The van der Waals surface area contributed by atoms with Crippen molar-refractivity contribution in [3.63, 3.8) is 0 Å². The molecule has 1 aromatic heterocycles. The van der Waals surface area contributed by atoms with Gasteiger partial charge in [-0.1, -0.05) is 30.3 Å². The molecule has 1 aromatic carbocycles. The van der Waals surface area contributed by atoms with Gasteiger partial charge in [0.25, 0.3) is 0 Å². The SMILES string of the molecule is CNCc1coc(COCc2ccccc2)c1. The molecule has 0 aliphatic heterocycles. The van der Waals surface area contributed by atoms with Gasteiger partial charge in [-0.25, -0.2) is 0 Å². The van der Waals surface area contributed by atoms with E-state index in [1.165, 1.54) is 5.56 Å². The molecule has 3 nitrogen and oxygen atoms in total. The Morgan fingerprint density at radius 3 is 2.71 bits per heavy atom. The highest BCUT2D eigenvalue weighted by Gasteiger charge is 2.01. The summed E-state index contributed by atoms with van der Waals surface area (Å²) in [6, 6.07) is 12.1. The Morgan fingerprint density at radius 1 is 1.12 bits per heavy atom. The highest BCUT2D eigenvalue weighted by atomic mass is 16.5. The van der Waals surface area contributed by atoms with Gasteiger partial charge in [0.2, 0.25) is 0 Å². The first-order valence-corrected chi connectivity index (χ1v) is 5.71. The Morgan fingerprint density at radius 2 is 1.94 bits per heavy atom. The van der Waals surface area contributed by atoms with E-state index in [-0.39, 0.29) is 0 Å². The van der Waals surface area contributed by atoms with Crippen LogP contribution < -0.4 is 5.32 Å². The van der Waals surface area contributed by atoms with E-state index in [1.807, 2.05) is 31.3 Å². The van der Waals surface area contributed by atoms with Crippen molar-refractivity contribution in [2.75, 3.05) is 7.05 Å². The zero-order valence-electron chi connectivity index (χ0n) is 9.98. The van der Waals surface area contributed by atoms with Crippen LogP contribution >= 0.6 is 0 Å². The zero-order valence-corrected chi connectivity index (χ0v) is 9.98. The summed E-state index contributed by atoms with van der Waals surface area (Å²) < 4.78 is 11.0. The maximum absolute atomic E-state index is 5.58. The first-order chi connectivity index (χ1) is 8.38. The number of benzene rings is 1. The van der Waals surface area contributed by atoms with Gasteiger partial charge in [-0.05, 0) is 18.7 Å². The predicted octanol–water partition coefficient (Wildman–Crippen LogP) is 2.72. The molecule has 1 heterocycles. The molecular weight excluding hydrogens is 214 g/mol. The third kappa shape index (κ3) is 3.73. The van der Waals surface area contributed by atoms with Crippen LogP contribution in [0.3, 0.4) is 0 Å². The quantitative estimate of drug-likeness (QED) is 0.830. The lowest BCUT2D eigenvalue weighted by Crippen LogP contribution is -2.03. The molecule has 2 rings (SSSR count). The maximum atomic E-state index is 5.58. The maximum Gasteiger partial charge on any atom is 0.129 e. The molecule has 1 N–H and O–H groups in total. The summed E-state index contributed by atoms with van der Waals surface area (Å²) in [5.41, 5.74) is 2.32. The molecule has 0 atom stereocenters. The summed E-state index contributed by atoms with van der Waals surface area (Å²) in [7, 11) is 1.92.